The van der Waals surface area contributed by atoms with E-state index in [9.17, 15) is 4.39 Å². The topological polar surface area (TPSA) is 69.7 Å². The average Bonchev–Trinajstić information content (AvgIpc) is 3.13. The van der Waals surface area contributed by atoms with Crippen molar-refractivity contribution in [2.45, 2.75) is 25.1 Å². The molecule has 0 spiro atoms. The number of nitrogens with zero attached hydrogens (tertiary/aromatic N) is 4. The standard InChI is InChI=1S/C18H21FN6/c19-15-11-25(8-6-13-4-2-1-3-5-13)9-7-16(15)23-17-14-10-22-24-18(14)21-12-20-17/h1-5,10,12,15-16H,6-9,11H2,(H2,20,21,22,23,24)/t15-,16-/m1/s1. The summed E-state index contributed by atoms with van der Waals surface area (Å²) in [5.74, 6) is 0.643. The summed E-state index contributed by atoms with van der Waals surface area (Å²) in [6.07, 6.45) is 3.90. The fraction of sp³-hybridized carbons (Fsp3) is 0.389. The minimum Gasteiger partial charge on any atom is -0.364 e. The highest BCUT2D eigenvalue weighted by Gasteiger charge is 2.29. The number of piperidine rings is 1. The molecule has 25 heavy (non-hydrogen) atoms. The van der Waals surface area contributed by atoms with Gasteiger partial charge in [-0.05, 0) is 18.4 Å². The van der Waals surface area contributed by atoms with Gasteiger partial charge in [0, 0.05) is 19.6 Å². The molecule has 4 rings (SSSR count). The van der Waals surface area contributed by atoms with Gasteiger partial charge in [0.15, 0.2) is 5.65 Å². The van der Waals surface area contributed by atoms with Gasteiger partial charge in [-0.15, -0.1) is 0 Å². The summed E-state index contributed by atoms with van der Waals surface area (Å²) in [5.41, 5.74) is 1.95. The first kappa shape index (κ1) is 16.0. The Morgan fingerprint density at radius 3 is 2.96 bits per heavy atom. The van der Waals surface area contributed by atoms with Crippen LogP contribution in [0.2, 0.25) is 0 Å². The number of aromatic amines is 1. The molecule has 0 unspecified atom stereocenters. The van der Waals surface area contributed by atoms with Crippen molar-refractivity contribution in [3.8, 4) is 0 Å². The zero-order valence-electron chi connectivity index (χ0n) is 13.9. The van der Waals surface area contributed by atoms with Crippen LogP contribution in [0.15, 0.2) is 42.9 Å². The monoisotopic (exact) mass is 340 g/mol. The number of anilines is 1. The number of nitrogens with one attached hydrogen (secondary N) is 2. The van der Waals surface area contributed by atoms with Crippen molar-refractivity contribution in [2.24, 2.45) is 0 Å². The number of hydrogen-bond donors (Lipinski definition) is 2. The molecule has 0 bridgehead atoms. The molecule has 3 heterocycles. The second-order valence-electron chi connectivity index (χ2n) is 6.45. The van der Waals surface area contributed by atoms with Crippen LogP contribution in [0.4, 0.5) is 10.2 Å². The number of likely N-dealkylation sites (tertiary alicyclic amines) is 1. The molecule has 130 valence electrons. The van der Waals surface area contributed by atoms with E-state index in [1.165, 1.54) is 11.9 Å². The lowest BCUT2D eigenvalue weighted by molar-refractivity contribution is 0.127. The van der Waals surface area contributed by atoms with Gasteiger partial charge in [0.1, 0.15) is 18.3 Å². The highest BCUT2D eigenvalue weighted by molar-refractivity contribution is 5.85. The number of aromatic nitrogens is 4. The normalized spacial score (nSPS) is 21.5. The van der Waals surface area contributed by atoms with Crippen molar-refractivity contribution < 1.29 is 4.39 Å². The Labute approximate surface area is 145 Å². The van der Waals surface area contributed by atoms with E-state index in [0.29, 0.717) is 18.0 Å². The molecule has 0 radical (unpaired) electrons. The van der Waals surface area contributed by atoms with E-state index in [1.807, 2.05) is 18.2 Å². The fourth-order valence-corrected chi connectivity index (χ4v) is 3.32. The quantitative estimate of drug-likeness (QED) is 0.746. The van der Waals surface area contributed by atoms with E-state index in [2.05, 4.69) is 42.5 Å². The van der Waals surface area contributed by atoms with Crippen LogP contribution in [0.1, 0.15) is 12.0 Å². The number of H-pyrrole nitrogens is 1. The summed E-state index contributed by atoms with van der Waals surface area (Å²) >= 11 is 0. The van der Waals surface area contributed by atoms with Crippen molar-refractivity contribution in [1.82, 2.24) is 25.1 Å². The Bertz CT molecular complexity index is 821. The Morgan fingerprint density at radius 2 is 2.12 bits per heavy atom. The van der Waals surface area contributed by atoms with Gasteiger partial charge in [-0.2, -0.15) is 5.10 Å². The summed E-state index contributed by atoms with van der Waals surface area (Å²) in [5, 5.41) is 10.8. The molecule has 1 fully saturated rings. The molecule has 0 aliphatic carbocycles. The van der Waals surface area contributed by atoms with Gasteiger partial charge >= 0.3 is 0 Å². The fourth-order valence-electron chi connectivity index (χ4n) is 3.32. The van der Waals surface area contributed by atoms with Gasteiger partial charge in [0.05, 0.1) is 17.6 Å². The van der Waals surface area contributed by atoms with Crippen LogP contribution in [-0.2, 0) is 6.42 Å². The first-order valence-electron chi connectivity index (χ1n) is 8.60. The van der Waals surface area contributed by atoms with Gasteiger partial charge in [-0.3, -0.25) is 10.00 Å². The van der Waals surface area contributed by atoms with Crippen molar-refractivity contribution >= 4 is 16.9 Å². The maximum Gasteiger partial charge on any atom is 0.160 e. The Balaban J connectivity index is 1.34. The van der Waals surface area contributed by atoms with Crippen LogP contribution in [0.5, 0.6) is 0 Å². The second kappa shape index (κ2) is 7.14. The molecular weight excluding hydrogens is 319 g/mol. The van der Waals surface area contributed by atoms with Crippen LogP contribution < -0.4 is 5.32 Å². The van der Waals surface area contributed by atoms with Crippen molar-refractivity contribution in [2.75, 3.05) is 25.0 Å². The predicted octanol–water partition coefficient (Wildman–Crippen LogP) is 2.42. The molecule has 1 aliphatic rings. The largest absolute Gasteiger partial charge is 0.364 e. The van der Waals surface area contributed by atoms with E-state index in [-0.39, 0.29) is 6.04 Å². The summed E-state index contributed by atoms with van der Waals surface area (Å²) in [7, 11) is 0. The van der Waals surface area contributed by atoms with E-state index in [0.717, 1.165) is 31.3 Å². The van der Waals surface area contributed by atoms with Gasteiger partial charge in [0.2, 0.25) is 0 Å². The van der Waals surface area contributed by atoms with Gasteiger partial charge < -0.3 is 5.32 Å². The molecule has 2 N–H and O–H groups in total. The number of hydrogen-bond acceptors (Lipinski definition) is 5. The summed E-state index contributed by atoms with van der Waals surface area (Å²) in [6, 6.07) is 10.1. The van der Waals surface area contributed by atoms with E-state index in [4.69, 9.17) is 0 Å². The number of rotatable bonds is 5. The third kappa shape index (κ3) is 3.61. The third-order valence-electron chi connectivity index (χ3n) is 4.76. The maximum absolute atomic E-state index is 14.7. The Morgan fingerprint density at radius 1 is 1.24 bits per heavy atom. The van der Waals surface area contributed by atoms with Gasteiger partial charge in [0.25, 0.3) is 0 Å². The van der Waals surface area contributed by atoms with Gasteiger partial charge in [-0.25, -0.2) is 14.4 Å². The van der Waals surface area contributed by atoms with Crippen molar-refractivity contribution in [3.63, 3.8) is 0 Å². The molecule has 3 aromatic rings. The first-order chi connectivity index (χ1) is 12.3. The number of fused-ring (bicyclic) bond motifs is 1. The lowest BCUT2D eigenvalue weighted by Gasteiger charge is -2.35. The molecule has 1 aliphatic heterocycles. The zero-order valence-corrected chi connectivity index (χ0v) is 13.9. The smallest absolute Gasteiger partial charge is 0.160 e. The molecule has 1 saturated heterocycles. The number of benzene rings is 1. The third-order valence-corrected chi connectivity index (χ3v) is 4.76. The molecule has 2 aromatic heterocycles. The lowest BCUT2D eigenvalue weighted by atomic mass is 10.0. The molecule has 1 aromatic carbocycles. The molecule has 0 amide bonds. The van der Waals surface area contributed by atoms with Crippen LogP contribution >= 0.6 is 0 Å². The van der Waals surface area contributed by atoms with Crippen LogP contribution in [0.3, 0.4) is 0 Å². The van der Waals surface area contributed by atoms with E-state index in [1.54, 1.807) is 6.20 Å². The van der Waals surface area contributed by atoms with Crippen molar-refractivity contribution in [3.05, 3.63) is 48.4 Å². The minimum absolute atomic E-state index is 0.235. The maximum atomic E-state index is 14.7. The molecule has 2 atom stereocenters. The summed E-state index contributed by atoms with van der Waals surface area (Å²) in [6.45, 7) is 2.21. The van der Waals surface area contributed by atoms with E-state index < -0.39 is 6.17 Å². The summed E-state index contributed by atoms with van der Waals surface area (Å²) in [4.78, 5) is 10.5. The van der Waals surface area contributed by atoms with Crippen molar-refractivity contribution in [1.29, 1.82) is 0 Å². The second-order valence-corrected chi connectivity index (χ2v) is 6.45. The predicted molar refractivity (Wildman–Crippen MR) is 95.2 cm³/mol. The molecule has 7 heteroatoms. The lowest BCUT2D eigenvalue weighted by Crippen LogP contribution is -2.48. The molecule has 0 saturated carbocycles. The first-order valence-corrected chi connectivity index (χ1v) is 8.60. The van der Waals surface area contributed by atoms with Crippen LogP contribution in [0.25, 0.3) is 11.0 Å². The van der Waals surface area contributed by atoms with Crippen LogP contribution in [0, 0.1) is 0 Å². The number of halogens is 1. The van der Waals surface area contributed by atoms with Gasteiger partial charge in [-0.1, -0.05) is 30.3 Å². The Hall–Kier alpha value is -2.54. The highest BCUT2D eigenvalue weighted by Crippen LogP contribution is 2.22. The zero-order chi connectivity index (χ0) is 17.1. The number of alkyl halides is 1. The van der Waals surface area contributed by atoms with E-state index >= 15 is 0 Å². The molecular formula is C18H21FN6. The Kier molecular flexibility index (Phi) is 4.56. The molecule has 6 nitrogen and oxygen atoms in total. The summed E-state index contributed by atoms with van der Waals surface area (Å²) < 4.78 is 14.7. The minimum atomic E-state index is -0.929. The highest BCUT2D eigenvalue weighted by atomic mass is 19.1. The van der Waals surface area contributed by atoms with Crippen LogP contribution in [-0.4, -0.2) is 56.9 Å². The SMILES string of the molecule is F[C@@H]1CN(CCc2ccccc2)CC[C@H]1Nc1ncnc2[nH]ncc12. The average molecular weight is 340 g/mol.